The Kier molecular flexibility index (Phi) is 11.2. The Hall–Kier alpha value is -0.160. The van der Waals surface area contributed by atoms with Gasteiger partial charge in [0.15, 0.2) is 0 Å². The maximum atomic E-state index is 5.27. The highest BCUT2D eigenvalue weighted by Gasteiger charge is 2.07. The Labute approximate surface area is 100 Å². The Morgan fingerprint density at radius 3 is 2.69 bits per heavy atom. The van der Waals surface area contributed by atoms with Crippen LogP contribution in [-0.2, 0) is 9.47 Å². The molecular weight excluding hydrogens is 204 g/mol. The molecule has 0 saturated carbocycles. The number of methoxy groups -OCH3 is 1. The highest BCUT2D eigenvalue weighted by molar-refractivity contribution is 4.65. The van der Waals surface area contributed by atoms with E-state index in [2.05, 4.69) is 24.2 Å². The zero-order chi connectivity index (χ0) is 12.2. The quantitative estimate of drug-likeness (QED) is 0.538. The van der Waals surface area contributed by atoms with Gasteiger partial charge in [0, 0.05) is 39.5 Å². The summed E-state index contributed by atoms with van der Waals surface area (Å²) >= 11 is 0. The Bertz CT molecular complexity index is 145. The Morgan fingerprint density at radius 1 is 1.31 bits per heavy atom. The van der Waals surface area contributed by atoms with Gasteiger partial charge in [0.25, 0.3) is 0 Å². The Balaban J connectivity index is 3.31. The summed E-state index contributed by atoms with van der Waals surface area (Å²) in [6.45, 7) is 9.76. The molecule has 0 aromatic heterocycles. The van der Waals surface area contributed by atoms with Crippen LogP contribution in [0.3, 0.4) is 0 Å². The van der Waals surface area contributed by atoms with Crippen molar-refractivity contribution in [3.8, 4) is 0 Å². The van der Waals surface area contributed by atoms with E-state index >= 15 is 0 Å². The van der Waals surface area contributed by atoms with Crippen LogP contribution in [0.4, 0.5) is 0 Å². The van der Waals surface area contributed by atoms with E-state index in [4.69, 9.17) is 9.47 Å². The van der Waals surface area contributed by atoms with E-state index < -0.39 is 0 Å². The zero-order valence-corrected chi connectivity index (χ0v) is 11.3. The second-order valence-corrected chi connectivity index (χ2v) is 4.08. The standard InChI is InChI=1S/C12H28N2O2/c1-5-16-9-6-7-13-11-12(2)14(3)8-10-15-4/h12-13H,5-11H2,1-4H3. The molecule has 4 nitrogen and oxygen atoms in total. The van der Waals surface area contributed by atoms with Gasteiger partial charge < -0.3 is 19.7 Å². The summed E-state index contributed by atoms with van der Waals surface area (Å²) in [5, 5.41) is 3.44. The number of nitrogens with zero attached hydrogens (tertiary/aromatic N) is 1. The SMILES string of the molecule is CCOCCCNCC(C)N(C)CCOC. The van der Waals surface area contributed by atoms with E-state index in [1.807, 2.05) is 6.92 Å². The van der Waals surface area contributed by atoms with E-state index in [0.717, 1.165) is 45.9 Å². The minimum absolute atomic E-state index is 0.544. The molecule has 0 aliphatic carbocycles. The molecule has 0 fully saturated rings. The van der Waals surface area contributed by atoms with Gasteiger partial charge in [-0.05, 0) is 33.9 Å². The fourth-order valence-electron chi connectivity index (χ4n) is 1.37. The zero-order valence-electron chi connectivity index (χ0n) is 11.3. The van der Waals surface area contributed by atoms with Gasteiger partial charge in [0.2, 0.25) is 0 Å². The summed E-state index contributed by atoms with van der Waals surface area (Å²) in [4.78, 5) is 2.30. The topological polar surface area (TPSA) is 33.7 Å². The van der Waals surface area contributed by atoms with Crippen molar-refractivity contribution in [1.82, 2.24) is 10.2 Å². The number of hydrogen-bond donors (Lipinski definition) is 1. The van der Waals surface area contributed by atoms with Crippen molar-refractivity contribution < 1.29 is 9.47 Å². The van der Waals surface area contributed by atoms with E-state index in [9.17, 15) is 0 Å². The lowest BCUT2D eigenvalue weighted by molar-refractivity contribution is 0.137. The van der Waals surface area contributed by atoms with Gasteiger partial charge in [-0.2, -0.15) is 0 Å². The van der Waals surface area contributed by atoms with Crippen LogP contribution in [0.1, 0.15) is 20.3 Å². The molecule has 98 valence electrons. The maximum Gasteiger partial charge on any atom is 0.0589 e. The molecule has 0 saturated heterocycles. The molecule has 0 aliphatic heterocycles. The third-order valence-electron chi connectivity index (χ3n) is 2.69. The molecule has 1 atom stereocenters. The van der Waals surface area contributed by atoms with Crippen molar-refractivity contribution in [2.75, 3.05) is 53.6 Å². The second kappa shape index (κ2) is 11.3. The number of nitrogens with one attached hydrogen (secondary N) is 1. The van der Waals surface area contributed by atoms with Crippen molar-refractivity contribution in [1.29, 1.82) is 0 Å². The fourth-order valence-corrected chi connectivity index (χ4v) is 1.37. The molecule has 0 amide bonds. The van der Waals surface area contributed by atoms with Gasteiger partial charge >= 0.3 is 0 Å². The molecule has 0 heterocycles. The van der Waals surface area contributed by atoms with Crippen LogP contribution in [0, 0.1) is 0 Å². The van der Waals surface area contributed by atoms with Crippen LogP contribution in [0.2, 0.25) is 0 Å². The van der Waals surface area contributed by atoms with Gasteiger partial charge in [0.05, 0.1) is 6.61 Å². The van der Waals surface area contributed by atoms with Crippen molar-refractivity contribution >= 4 is 0 Å². The van der Waals surface area contributed by atoms with Gasteiger partial charge in [-0.25, -0.2) is 0 Å². The maximum absolute atomic E-state index is 5.27. The van der Waals surface area contributed by atoms with Crippen LogP contribution >= 0.6 is 0 Å². The van der Waals surface area contributed by atoms with Crippen molar-refractivity contribution in [3.05, 3.63) is 0 Å². The average Bonchev–Trinajstić information content (AvgIpc) is 2.30. The van der Waals surface area contributed by atoms with Gasteiger partial charge in [-0.1, -0.05) is 0 Å². The lowest BCUT2D eigenvalue weighted by Gasteiger charge is -2.24. The Morgan fingerprint density at radius 2 is 2.06 bits per heavy atom. The highest BCUT2D eigenvalue weighted by atomic mass is 16.5. The first-order valence-electron chi connectivity index (χ1n) is 6.20. The number of likely N-dealkylation sites (N-methyl/N-ethyl adjacent to an activating group) is 1. The van der Waals surface area contributed by atoms with Crippen LogP contribution in [0.5, 0.6) is 0 Å². The molecule has 0 aromatic carbocycles. The normalized spacial score (nSPS) is 13.3. The molecular formula is C12H28N2O2. The van der Waals surface area contributed by atoms with Crippen LogP contribution in [0.25, 0.3) is 0 Å². The fraction of sp³-hybridized carbons (Fsp3) is 1.00. The summed E-state index contributed by atoms with van der Waals surface area (Å²) < 4.78 is 10.3. The molecule has 0 spiro atoms. The van der Waals surface area contributed by atoms with Crippen molar-refractivity contribution in [2.24, 2.45) is 0 Å². The average molecular weight is 232 g/mol. The second-order valence-electron chi connectivity index (χ2n) is 4.08. The van der Waals surface area contributed by atoms with Crippen molar-refractivity contribution in [2.45, 2.75) is 26.3 Å². The van der Waals surface area contributed by atoms with Gasteiger partial charge in [0.1, 0.15) is 0 Å². The summed E-state index contributed by atoms with van der Waals surface area (Å²) in [6, 6.07) is 0.544. The predicted molar refractivity (Wildman–Crippen MR) is 67.9 cm³/mol. The number of rotatable bonds is 11. The number of ether oxygens (including phenoxy) is 2. The molecule has 1 unspecified atom stereocenters. The minimum Gasteiger partial charge on any atom is -0.383 e. The highest BCUT2D eigenvalue weighted by Crippen LogP contribution is 1.93. The van der Waals surface area contributed by atoms with E-state index in [-0.39, 0.29) is 0 Å². The van der Waals surface area contributed by atoms with Gasteiger partial charge in [-0.15, -0.1) is 0 Å². The summed E-state index contributed by atoms with van der Waals surface area (Å²) in [7, 11) is 3.87. The summed E-state index contributed by atoms with van der Waals surface area (Å²) in [5.41, 5.74) is 0. The van der Waals surface area contributed by atoms with Crippen LogP contribution < -0.4 is 5.32 Å². The molecule has 0 aromatic rings. The number of hydrogen-bond acceptors (Lipinski definition) is 4. The predicted octanol–water partition coefficient (Wildman–Crippen LogP) is 0.969. The molecule has 4 heteroatoms. The van der Waals surface area contributed by atoms with E-state index in [1.54, 1.807) is 7.11 Å². The van der Waals surface area contributed by atoms with Crippen LogP contribution in [-0.4, -0.2) is 64.6 Å². The molecule has 0 rings (SSSR count). The smallest absolute Gasteiger partial charge is 0.0589 e. The first kappa shape index (κ1) is 15.8. The van der Waals surface area contributed by atoms with Crippen molar-refractivity contribution in [3.63, 3.8) is 0 Å². The molecule has 0 aliphatic rings. The van der Waals surface area contributed by atoms with E-state index in [1.165, 1.54) is 0 Å². The first-order chi connectivity index (χ1) is 7.72. The summed E-state index contributed by atoms with van der Waals surface area (Å²) in [6.07, 6.45) is 1.09. The molecule has 0 radical (unpaired) electrons. The lowest BCUT2D eigenvalue weighted by atomic mass is 10.3. The lowest BCUT2D eigenvalue weighted by Crippen LogP contribution is -2.39. The third-order valence-corrected chi connectivity index (χ3v) is 2.69. The first-order valence-corrected chi connectivity index (χ1v) is 6.20. The molecule has 1 N–H and O–H groups in total. The monoisotopic (exact) mass is 232 g/mol. The van der Waals surface area contributed by atoms with Crippen LogP contribution in [0.15, 0.2) is 0 Å². The molecule has 16 heavy (non-hydrogen) atoms. The summed E-state index contributed by atoms with van der Waals surface area (Å²) in [5.74, 6) is 0. The van der Waals surface area contributed by atoms with E-state index in [0.29, 0.717) is 6.04 Å². The largest absolute Gasteiger partial charge is 0.383 e. The minimum atomic E-state index is 0.544. The third kappa shape index (κ3) is 9.09. The molecule has 0 bridgehead atoms. The van der Waals surface area contributed by atoms with Gasteiger partial charge in [-0.3, -0.25) is 0 Å².